The molecule has 160 valence electrons. The summed E-state index contributed by atoms with van der Waals surface area (Å²) in [5, 5.41) is 13.3. The van der Waals surface area contributed by atoms with Crippen LogP contribution >= 0.6 is 11.8 Å². The fourth-order valence-electron chi connectivity index (χ4n) is 2.99. The highest BCUT2D eigenvalue weighted by Crippen LogP contribution is 2.23. The Balaban J connectivity index is 1.44. The van der Waals surface area contributed by atoms with Gasteiger partial charge in [0.15, 0.2) is 0 Å². The molecule has 1 aliphatic carbocycles. The third-order valence-corrected chi connectivity index (χ3v) is 5.63. The van der Waals surface area contributed by atoms with Crippen LogP contribution in [0.5, 0.6) is 0 Å². The van der Waals surface area contributed by atoms with E-state index < -0.39 is 5.69 Å². The highest BCUT2D eigenvalue weighted by Gasteiger charge is 2.24. The Labute approximate surface area is 182 Å². The molecule has 10 heteroatoms. The monoisotopic (exact) mass is 438 g/mol. The van der Waals surface area contributed by atoms with Crippen molar-refractivity contribution in [2.24, 2.45) is 0 Å². The zero-order valence-electron chi connectivity index (χ0n) is 16.9. The first-order valence-corrected chi connectivity index (χ1v) is 11.0. The van der Waals surface area contributed by atoms with Gasteiger partial charge in [-0.3, -0.25) is 9.59 Å². The molecule has 0 radical (unpaired) electrons. The number of carbonyl (C=O) groups is 2. The summed E-state index contributed by atoms with van der Waals surface area (Å²) < 4.78 is 2.14. The van der Waals surface area contributed by atoms with Gasteiger partial charge in [-0.15, -0.1) is 11.8 Å². The van der Waals surface area contributed by atoms with Gasteiger partial charge >= 0.3 is 5.69 Å². The molecule has 2 N–H and O–H groups in total. The molecule has 0 atom stereocenters. The molecular formula is C21H22N6O3S. The Kier molecular flexibility index (Phi) is 6.17. The molecule has 1 fully saturated rings. The number of tetrazole rings is 1. The van der Waals surface area contributed by atoms with Crippen molar-refractivity contribution in [3.63, 3.8) is 0 Å². The van der Waals surface area contributed by atoms with Gasteiger partial charge in [0.2, 0.25) is 5.91 Å². The van der Waals surface area contributed by atoms with Crippen LogP contribution in [0.1, 0.15) is 30.1 Å². The van der Waals surface area contributed by atoms with Crippen molar-refractivity contribution >= 4 is 29.3 Å². The molecule has 0 spiro atoms. The Morgan fingerprint density at radius 3 is 2.55 bits per heavy atom. The number of hydrogen-bond acceptors (Lipinski definition) is 6. The first-order chi connectivity index (χ1) is 15.0. The van der Waals surface area contributed by atoms with Gasteiger partial charge in [0.05, 0.1) is 11.3 Å². The van der Waals surface area contributed by atoms with E-state index in [9.17, 15) is 14.4 Å². The van der Waals surface area contributed by atoms with E-state index in [0.29, 0.717) is 16.9 Å². The van der Waals surface area contributed by atoms with Crippen molar-refractivity contribution in [3.05, 3.63) is 64.6 Å². The molecule has 1 heterocycles. The van der Waals surface area contributed by atoms with Crippen LogP contribution in [0.2, 0.25) is 0 Å². The number of nitrogens with one attached hydrogen (secondary N) is 2. The lowest BCUT2D eigenvalue weighted by atomic mass is 10.2. The average Bonchev–Trinajstić information content (AvgIpc) is 3.51. The van der Waals surface area contributed by atoms with E-state index in [1.54, 1.807) is 42.1 Å². The summed E-state index contributed by atoms with van der Waals surface area (Å²) in [4.78, 5) is 38.0. The maximum Gasteiger partial charge on any atom is 0.368 e. The molecule has 31 heavy (non-hydrogen) atoms. The minimum Gasteiger partial charge on any atom is -0.352 e. The number of aromatic nitrogens is 4. The topological polar surface area (TPSA) is 111 Å². The molecule has 1 saturated carbocycles. The number of nitrogens with zero attached hydrogens (tertiary/aromatic N) is 4. The van der Waals surface area contributed by atoms with E-state index >= 15 is 0 Å². The van der Waals surface area contributed by atoms with Crippen molar-refractivity contribution < 1.29 is 9.59 Å². The molecule has 0 unspecified atom stereocenters. The first-order valence-electron chi connectivity index (χ1n) is 10.0. The second-order valence-electron chi connectivity index (χ2n) is 7.10. The fourth-order valence-corrected chi connectivity index (χ4v) is 3.79. The van der Waals surface area contributed by atoms with Gasteiger partial charge in [-0.1, -0.05) is 19.1 Å². The van der Waals surface area contributed by atoms with Crippen LogP contribution in [0.25, 0.3) is 5.69 Å². The number of hydrogen-bond donors (Lipinski definition) is 2. The van der Waals surface area contributed by atoms with E-state index in [4.69, 9.17) is 0 Å². The predicted octanol–water partition coefficient (Wildman–Crippen LogP) is 2.07. The van der Waals surface area contributed by atoms with E-state index in [-0.39, 0.29) is 24.4 Å². The van der Waals surface area contributed by atoms with Crippen molar-refractivity contribution in [2.45, 2.75) is 37.2 Å². The predicted molar refractivity (Wildman–Crippen MR) is 118 cm³/mol. The van der Waals surface area contributed by atoms with Crippen LogP contribution in [0.4, 0.5) is 5.69 Å². The largest absolute Gasteiger partial charge is 0.368 e. The molecule has 2 aromatic carbocycles. The molecule has 2 amide bonds. The number of anilines is 1. The summed E-state index contributed by atoms with van der Waals surface area (Å²) in [5.41, 5.74) is 1.18. The summed E-state index contributed by atoms with van der Waals surface area (Å²) in [6.07, 6.45) is 1.94. The highest BCUT2D eigenvalue weighted by atomic mass is 32.2. The average molecular weight is 439 g/mol. The van der Waals surface area contributed by atoms with E-state index in [1.165, 1.54) is 0 Å². The third kappa shape index (κ3) is 5.02. The third-order valence-electron chi connectivity index (χ3n) is 4.68. The Bertz CT molecular complexity index is 1150. The maximum absolute atomic E-state index is 12.7. The maximum atomic E-state index is 12.7. The Morgan fingerprint density at radius 1 is 1.10 bits per heavy atom. The lowest BCUT2D eigenvalue weighted by Crippen LogP contribution is -2.34. The summed E-state index contributed by atoms with van der Waals surface area (Å²) in [6, 6.07) is 14.4. The number of carbonyl (C=O) groups excluding carboxylic acids is 2. The molecule has 4 rings (SSSR count). The minimum absolute atomic E-state index is 0.168. The van der Waals surface area contributed by atoms with Gasteiger partial charge < -0.3 is 10.6 Å². The fraction of sp³-hybridized carbons (Fsp3) is 0.286. The Morgan fingerprint density at radius 2 is 1.84 bits per heavy atom. The second-order valence-corrected chi connectivity index (χ2v) is 8.41. The van der Waals surface area contributed by atoms with Gasteiger partial charge in [0.1, 0.15) is 6.54 Å². The molecular weight excluding hydrogens is 416 g/mol. The molecule has 0 aliphatic heterocycles. The summed E-state index contributed by atoms with van der Waals surface area (Å²) in [6.45, 7) is 1.87. The lowest BCUT2D eigenvalue weighted by molar-refractivity contribution is -0.122. The van der Waals surface area contributed by atoms with E-state index in [0.717, 1.165) is 32.9 Å². The van der Waals surface area contributed by atoms with Crippen LogP contribution in [0.15, 0.2) is 58.2 Å². The minimum atomic E-state index is -0.506. The zero-order chi connectivity index (χ0) is 21.8. The van der Waals surface area contributed by atoms with Crippen molar-refractivity contribution in [3.8, 4) is 5.69 Å². The van der Waals surface area contributed by atoms with Gasteiger partial charge in [0.25, 0.3) is 5.91 Å². The highest BCUT2D eigenvalue weighted by molar-refractivity contribution is 7.99. The summed E-state index contributed by atoms with van der Waals surface area (Å²) in [5.74, 6) is 0.418. The number of benzene rings is 2. The van der Waals surface area contributed by atoms with Crippen LogP contribution in [0, 0.1) is 0 Å². The molecule has 9 nitrogen and oxygen atoms in total. The van der Waals surface area contributed by atoms with Crippen molar-refractivity contribution in [1.29, 1.82) is 0 Å². The first kappa shape index (κ1) is 20.9. The second kappa shape index (κ2) is 9.17. The summed E-state index contributed by atoms with van der Waals surface area (Å²) in [7, 11) is 0. The van der Waals surface area contributed by atoms with E-state index in [2.05, 4.69) is 21.1 Å². The molecule has 3 aromatic rings. The normalized spacial score (nSPS) is 13.1. The number of rotatable bonds is 8. The smallest absolute Gasteiger partial charge is 0.352 e. The quantitative estimate of drug-likeness (QED) is 0.521. The Hall–Kier alpha value is -3.40. The van der Waals surface area contributed by atoms with Crippen LogP contribution in [0.3, 0.4) is 0 Å². The SMILES string of the molecule is CCSc1ccccc1C(=O)Nc1ccc(-n2nnn(CC(=O)NC3CC3)c2=O)cc1. The van der Waals surface area contributed by atoms with E-state index in [1.807, 2.05) is 25.1 Å². The van der Waals surface area contributed by atoms with Gasteiger partial charge in [-0.2, -0.15) is 9.36 Å². The lowest BCUT2D eigenvalue weighted by Gasteiger charge is -2.09. The standard InChI is InChI=1S/C21H22N6O3S/c1-2-31-18-6-4-3-5-17(18)20(29)23-15-9-11-16(12-10-15)27-21(30)26(24-25-27)13-19(28)22-14-7-8-14/h3-6,9-12,14H,2,7-8,13H2,1H3,(H,22,28)(H,23,29). The number of thioether (sulfide) groups is 1. The zero-order valence-corrected chi connectivity index (χ0v) is 17.8. The van der Waals surface area contributed by atoms with Gasteiger partial charge in [-0.25, -0.2) is 4.79 Å². The van der Waals surface area contributed by atoms with Gasteiger partial charge in [0, 0.05) is 16.6 Å². The van der Waals surface area contributed by atoms with Crippen molar-refractivity contribution in [1.82, 2.24) is 25.1 Å². The summed E-state index contributed by atoms with van der Waals surface area (Å²) >= 11 is 1.61. The van der Waals surface area contributed by atoms with Crippen LogP contribution in [-0.2, 0) is 11.3 Å². The number of amides is 2. The van der Waals surface area contributed by atoms with Crippen molar-refractivity contribution in [2.75, 3.05) is 11.1 Å². The molecule has 1 aliphatic rings. The van der Waals surface area contributed by atoms with Gasteiger partial charge in [-0.05, 0) is 65.4 Å². The molecule has 0 bridgehead atoms. The van der Waals surface area contributed by atoms with Crippen LogP contribution in [-0.4, -0.2) is 43.4 Å². The van der Waals surface area contributed by atoms with Crippen LogP contribution < -0.4 is 16.3 Å². The molecule has 1 aromatic heterocycles. The molecule has 0 saturated heterocycles.